The second-order valence-corrected chi connectivity index (χ2v) is 5.81. The zero-order chi connectivity index (χ0) is 15.5. The Kier molecular flexibility index (Phi) is 4.75. The Balaban J connectivity index is 2.30. The van der Waals surface area contributed by atoms with Gasteiger partial charge in [0.05, 0.1) is 0 Å². The van der Waals surface area contributed by atoms with Crippen molar-refractivity contribution >= 4 is 21.9 Å². The first-order chi connectivity index (χ1) is 9.93. The highest BCUT2D eigenvalue weighted by Gasteiger charge is 2.37. The average molecular weight is 352 g/mol. The molecule has 1 atom stereocenters. The molecule has 0 aromatic heterocycles. The van der Waals surface area contributed by atoms with Gasteiger partial charge in [-0.2, -0.15) is 0 Å². The Morgan fingerprint density at radius 1 is 1.29 bits per heavy atom. The van der Waals surface area contributed by atoms with Gasteiger partial charge in [0, 0.05) is 16.6 Å². The summed E-state index contributed by atoms with van der Waals surface area (Å²) >= 11 is 3.17. The maximum atomic E-state index is 14.1. The average Bonchev–Trinajstić information content (AvgIpc) is 2.45. The minimum Gasteiger partial charge on any atom is -0.480 e. The number of hydrogen-bond donors (Lipinski definition) is 2. The molecular formula is C16H15BrFNO2. The predicted molar refractivity (Wildman–Crippen MR) is 82.4 cm³/mol. The van der Waals surface area contributed by atoms with Crippen molar-refractivity contribution in [3.8, 4) is 0 Å². The molecule has 110 valence electrons. The standard InChI is InChI=1S/C16H15BrFNO2/c1-16(15(20)21,13-8-7-12(17)9-14(13)18)19-10-11-5-3-2-4-6-11/h2-9,19H,10H2,1H3,(H,20,21). The van der Waals surface area contributed by atoms with Gasteiger partial charge >= 0.3 is 5.97 Å². The van der Waals surface area contributed by atoms with Gasteiger partial charge in [0.25, 0.3) is 0 Å². The normalized spacial score (nSPS) is 13.7. The molecule has 0 aliphatic carbocycles. The first-order valence-corrected chi connectivity index (χ1v) is 7.20. The molecule has 0 bridgehead atoms. The van der Waals surface area contributed by atoms with Crippen molar-refractivity contribution in [2.75, 3.05) is 0 Å². The number of rotatable bonds is 5. The number of benzene rings is 2. The summed E-state index contributed by atoms with van der Waals surface area (Å²) in [4.78, 5) is 11.6. The first-order valence-electron chi connectivity index (χ1n) is 6.41. The SMILES string of the molecule is CC(NCc1ccccc1)(C(=O)O)c1ccc(Br)cc1F. The fraction of sp³-hybridized carbons (Fsp3) is 0.188. The molecule has 5 heteroatoms. The lowest BCUT2D eigenvalue weighted by Crippen LogP contribution is -2.46. The number of hydrogen-bond acceptors (Lipinski definition) is 2. The molecular weight excluding hydrogens is 337 g/mol. The van der Waals surface area contributed by atoms with Crippen LogP contribution in [0.25, 0.3) is 0 Å². The Labute approximate surface area is 130 Å². The Morgan fingerprint density at radius 3 is 2.52 bits per heavy atom. The largest absolute Gasteiger partial charge is 0.480 e. The lowest BCUT2D eigenvalue weighted by atomic mass is 9.91. The van der Waals surface area contributed by atoms with Crippen LogP contribution >= 0.6 is 15.9 Å². The quantitative estimate of drug-likeness (QED) is 0.863. The third-order valence-corrected chi connectivity index (χ3v) is 3.88. The molecule has 2 N–H and O–H groups in total. The summed E-state index contributed by atoms with van der Waals surface area (Å²) < 4.78 is 14.7. The van der Waals surface area contributed by atoms with E-state index >= 15 is 0 Å². The number of halogens is 2. The Morgan fingerprint density at radius 2 is 1.95 bits per heavy atom. The van der Waals surface area contributed by atoms with Crippen molar-refractivity contribution in [3.05, 3.63) is 69.9 Å². The van der Waals surface area contributed by atoms with Crippen LogP contribution in [0, 0.1) is 5.82 Å². The van der Waals surface area contributed by atoms with Gasteiger partial charge in [0.2, 0.25) is 0 Å². The van der Waals surface area contributed by atoms with Crippen molar-refractivity contribution in [3.63, 3.8) is 0 Å². The lowest BCUT2D eigenvalue weighted by molar-refractivity contribution is -0.144. The van der Waals surface area contributed by atoms with Crippen LogP contribution in [0.4, 0.5) is 4.39 Å². The molecule has 0 fully saturated rings. The number of carboxylic acids is 1. The van der Waals surface area contributed by atoms with Crippen molar-refractivity contribution in [2.45, 2.75) is 19.0 Å². The van der Waals surface area contributed by atoms with Gasteiger partial charge in [0.15, 0.2) is 0 Å². The van der Waals surface area contributed by atoms with E-state index in [0.717, 1.165) is 5.56 Å². The molecule has 2 aromatic rings. The number of carbonyl (C=O) groups is 1. The van der Waals surface area contributed by atoms with Crippen molar-refractivity contribution < 1.29 is 14.3 Å². The van der Waals surface area contributed by atoms with Gasteiger partial charge in [-0.25, -0.2) is 9.18 Å². The molecule has 2 aromatic carbocycles. The van der Waals surface area contributed by atoms with E-state index < -0.39 is 17.3 Å². The van der Waals surface area contributed by atoms with E-state index in [0.29, 0.717) is 11.0 Å². The predicted octanol–water partition coefficient (Wildman–Crippen LogP) is 3.68. The van der Waals surface area contributed by atoms with Crippen LogP contribution in [0.15, 0.2) is 53.0 Å². The second kappa shape index (κ2) is 6.37. The highest BCUT2D eigenvalue weighted by atomic mass is 79.9. The summed E-state index contributed by atoms with van der Waals surface area (Å²) in [6, 6.07) is 13.8. The topological polar surface area (TPSA) is 49.3 Å². The van der Waals surface area contributed by atoms with Gasteiger partial charge in [-0.15, -0.1) is 0 Å². The van der Waals surface area contributed by atoms with Crippen LogP contribution in [0.5, 0.6) is 0 Å². The molecule has 0 amide bonds. The zero-order valence-corrected chi connectivity index (χ0v) is 13.0. The van der Waals surface area contributed by atoms with E-state index in [1.54, 1.807) is 6.07 Å². The molecule has 0 saturated heterocycles. The second-order valence-electron chi connectivity index (χ2n) is 4.89. The Bertz CT molecular complexity index is 648. The summed E-state index contributed by atoms with van der Waals surface area (Å²) in [6.07, 6.45) is 0. The Hall–Kier alpha value is -1.72. The van der Waals surface area contributed by atoms with Crippen LogP contribution < -0.4 is 5.32 Å². The van der Waals surface area contributed by atoms with Crippen LogP contribution in [0.2, 0.25) is 0 Å². The fourth-order valence-electron chi connectivity index (χ4n) is 2.06. The molecule has 0 aliphatic heterocycles. The third-order valence-electron chi connectivity index (χ3n) is 3.39. The zero-order valence-electron chi connectivity index (χ0n) is 11.4. The fourth-order valence-corrected chi connectivity index (χ4v) is 2.39. The minimum absolute atomic E-state index is 0.106. The van der Waals surface area contributed by atoms with Crippen molar-refractivity contribution in [1.29, 1.82) is 0 Å². The molecule has 2 rings (SSSR count). The number of nitrogens with one attached hydrogen (secondary N) is 1. The van der Waals surface area contributed by atoms with Crippen LogP contribution in [0.1, 0.15) is 18.1 Å². The van der Waals surface area contributed by atoms with E-state index in [2.05, 4.69) is 21.2 Å². The van der Waals surface area contributed by atoms with Crippen molar-refractivity contribution in [2.24, 2.45) is 0 Å². The first kappa shape index (κ1) is 15.7. The van der Waals surface area contributed by atoms with Crippen LogP contribution in [-0.4, -0.2) is 11.1 Å². The molecule has 3 nitrogen and oxygen atoms in total. The highest BCUT2D eigenvalue weighted by molar-refractivity contribution is 9.10. The summed E-state index contributed by atoms with van der Waals surface area (Å²) in [6.45, 7) is 1.80. The highest BCUT2D eigenvalue weighted by Crippen LogP contribution is 2.27. The summed E-state index contributed by atoms with van der Waals surface area (Å²) in [7, 11) is 0. The molecule has 21 heavy (non-hydrogen) atoms. The molecule has 1 unspecified atom stereocenters. The lowest BCUT2D eigenvalue weighted by Gasteiger charge is -2.27. The number of aliphatic carboxylic acids is 1. The van der Waals surface area contributed by atoms with Gasteiger partial charge in [0.1, 0.15) is 11.4 Å². The molecule has 0 spiro atoms. The van der Waals surface area contributed by atoms with Gasteiger partial charge < -0.3 is 5.11 Å². The van der Waals surface area contributed by atoms with Crippen LogP contribution in [0.3, 0.4) is 0 Å². The van der Waals surface area contributed by atoms with E-state index in [9.17, 15) is 14.3 Å². The van der Waals surface area contributed by atoms with Gasteiger partial charge in [-0.3, -0.25) is 5.32 Å². The van der Waals surface area contributed by atoms with Gasteiger partial charge in [-0.05, 0) is 24.6 Å². The maximum Gasteiger partial charge on any atom is 0.328 e. The monoisotopic (exact) mass is 351 g/mol. The van der Waals surface area contributed by atoms with E-state index in [1.165, 1.54) is 19.1 Å². The molecule has 0 aliphatic rings. The number of carboxylic acid groups (broad SMARTS) is 1. The maximum absolute atomic E-state index is 14.1. The molecule has 0 saturated carbocycles. The minimum atomic E-state index is -1.50. The van der Waals surface area contributed by atoms with Crippen molar-refractivity contribution in [1.82, 2.24) is 5.32 Å². The van der Waals surface area contributed by atoms with E-state index in [-0.39, 0.29) is 5.56 Å². The van der Waals surface area contributed by atoms with Gasteiger partial charge in [-0.1, -0.05) is 52.3 Å². The summed E-state index contributed by atoms with van der Waals surface area (Å²) in [5.74, 6) is -1.69. The van der Waals surface area contributed by atoms with E-state index in [1.807, 2.05) is 30.3 Å². The third kappa shape index (κ3) is 3.49. The summed E-state index contributed by atoms with van der Waals surface area (Å²) in [5, 5.41) is 12.5. The summed E-state index contributed by atoms with van der Waals surface area (Å²) in [5.41, 5.74) is -0.461. The van der Waals surface area contributed by atoms with E-state index in [4.69, 9.17) is 0 Å². The van der Waals surface area contributed by atoms with Crippen LogP contribution in [-0.2, 0) is 16.9 Å². The molecule has 0 heterocycles. The smallest absolute Gasteiger partial charge is 0.328 e. The molecule has 0 radical (unpaired) electrons.